The SMILES string of the molecule is Cc1ccc(S(=O)(=O)O[C@H]2CN(C(=O)OC(C)(C)C)[C@@H]3COC(c4ccccc4)O[C@H]3[C@@H]2O)cc1. The van der Waals surface area contributed by atoms with Crippen molar-refractivity contribution < 1.29 is 36.7 Å². The second-order valence-corrected chi connectivity index (χ2v) is 11.3. The average molecular weight is 506 g/mol. The number of ether oxygens (including phenoxy) is 3. The second-order valence-electron chi connectivity index (χ2n) is 9.77. The van der Waals surface area contributed by atoms with E-state index in [1.54, 1.807) is 32.9 Å². The molecule has 2 fully saturated rings. The molecule has 2 heterocycles. The van der Waals surface area contributed by atoms with Crippen molar-refractivity contribution in [3.05, 3.63) is 65.7 Å². The minimum atomic E-state index is -4.22. The van der Waals surface area contributed by atoms with Crippen molar-refractivity contribution >= 4 is 16.2 Å². The molecule has 10 heteroatoms. The molecule has 0 aromatic heterocycles. The van der Waals surface area contributed by atoms with Gasteiger partial charge in [0.25, 0.3) is 10.1 Å². The van der Waals surface area contributed by atoms with E-state index in [-0.39, 0.29) is 18.0 Å². The van der Waals surface area contributed by atoms with E-state index in [0.717, 1.165) is 11.1 Å². The summed E-state index contributed by atoms with van der Waals surface area (Å²) in [7, 11) is -4.22. The number of rotatable bonds is 4. The minimum Gasteiger partial charge on any atom is -0.444 e. The maximum atomic E-state index is 13.1. The lowest BCUT2D eigenvalue weighted by Crippen LogP contribution is -2.67. The quantitative estimate of drug-likeness (QED) is 0.631. The Kier molecular flexibility index (Phi) is 7.21. The third-order valence-corrected chi connectivity index (χ3v) is 7.18. The van der Waals surface area contributed by atoms with E-state index in [0.29, 0.717) is 0 Å². The summed E-state index contributed by atoms with van der Waals surface area (Å²) in [6, 6.07) is 14.7. The van der Waals surface area contributed by atoms with Crippen LogP contribution in [0.4, 0.5) is 4.79 Å². The molecule has 0 saturated carbocycles. The summed E-state index contributed by atoms with van der Waals surface area (Å²) >= 11 is 0. The summed E-state index contributed by atoms with van der Waals surface area (Å²) in [5.41, 5.74) is 0.844. The van der Waals surface area contributed by atoms with E-state index >= 15 is 0 Å². The van der Waals surface area contributed by atoms with E-state index in [2.05, 4.69) is 0 Å². The first kappa shape index (κ1) is 25.6. The fourth-order valence-corrected chi connectivity index (χ4v) is 5.18. The highest BCUT2D eigenvalue weighted by Gasteiger charge is 2.51. The molecule has 190 valence electrons. The van der Waals surface area contributed by atoms with E-state index in [1.807, 2.05) is 37.3 Å². The van der Waals surface area contributed by atoms with Crippen molar-refractivity contribution in [3.63, 3.8) is 0 Å². The Morgan fingerprint density at radius 2 is 1.74 bits per heavy atom. The summed E-state index contributed by atoms with van der Waals surface area (Å²) in [5.74, 6) is 0. The fourth-order valence-electron chi connectivity index (χ4n) is 4.10. The number of aliphatic hydroxyl groups excluding tert-OH is 1. The smallest absolute Gasteiger partial charge is 0.410 e. The number of carbonyl (C=O) groups excluding carboxylic acids is 1. The number of nitrogens with zero attached hydrogens (tertiary/aromatic N) is 1. The van der Waals surface area contributed by atoms with Gasteiger partial charge in [0.15, 0.2) is 6.29 Å². The summed E-state index contributed by atoms with van der Waals surface area (Å²) in [5, 5.41) is 11.2. The zero-order valence-corrected chi connectivity index (χ0v) is 21.0. The van der Waals surface area contributed by atoms with Gasteiger partial charge in [-0.15, -0.1) is 0 Å². The normalized spacial score (nSPS) is 27.2. The zero-order chi connectivity index (χ0) is 25.4. The number of piperidine rings is 1. The Morgan fingerprint density at radius 3 is 2.37 bits per heavy atom. The molecule has 1 amide bonds. The Bertz CT molecular complexity index is 1130. The molecular weight excluding hydrogens is 474 g/mol. The summed E-state index contributed by atoms with van der Waals surface area (Å²) in [6.45, 7) is 6.89. The molecule has 1 unspecified atom stereocenters. The average Bonchev–Trinajstić information content (AvgIpc) is 2.80. The number of likely N-dealkylation sites (tertiary alicyclic amines) is 1. The van der Waals surface area contributed by atoms with Gasteiger partial charge in [0.05, 0.1) is 24.1 Å². The predicted molar refractivity (Wildman–Crippen MR) is 126 cm³/mol. The molecule has 0 bridgehead atoms. The number of aliphatic hydroxyl groups is 1. The van der Waals surface area contributed by atoms with Crippen LogP contribution in [0.2, 0.25) is 0 Å². The molecule has 4 rings (SSSR count). The molecule has 2 aromatic rings. The zero-order valence-electron chi connectivity index (χ0n) is 20.2. The molecule has 0 aliphatic carbocycles. The lowest BCUT2D eigenvalue weighted by atomic mass is 9.93. The first-order valence-electron chi connectivity index (χ1n) is 11.4. The van der Waals surface area contributed by atoms with Crippen LogP contribution >= 0.6 is 0 Å². The number of carbonyl (C=O) groups is 1. The van der Waals surface area contributed by atoms with Crippen molar-refractivity contribution in [1.29, 1.82) is 0 Å². The van der Waals surface area contributed by atoms with Crippen molar-refractivity contribution in [2.24, 2.45) is 0 Å². The first-order valence-corrected chi connectivity index (χ1v) is 12.8. The van der Waals surface area contributed by atoms with Gasteiger partial charge in [0, 0.05) is 5.56 Å². The van der Waals surface area contributed by atoms with Gasteiger partial charge in [-0.3, -0.25) is 9.08 Å². The van der Waals surface area contributed by atoms with Crippen molar-refractivity contribution in [2.45, 2.75) is 68.8 Å². The number of amides is 1. The maximum Gasteiger partial charge on any atom is 0.410 e. The van der Waals surface area contributed by atoms with Gasteiger partial charge in [0.1, 0.15) is 23.9 Å². The summed E-state index contributed by atoms with van der Waals surface area (Å²) in [4.78, 5) is 14.3. The third-order valence-electron chi connectivity index (χ3n) is 5.83. The Morgan fingerprint density at radius 1 is 1.09 bits per heavy atom. The van der Waals surface area contributed by atoms with Gasteiger partial charge in [-0.25, -0.2) is 4.79 Å². The minimum absolute atomic E-state index is 0.0451. The standard InChI is InChI=1S/C25H31NO8S/c1-16-10-12-18(13-11-16)35(29,30)34-20-14-26(24(28)33-25(2,3)4)19-15-31-23(32-22(19)21(20)27)17-8-6-5-7-9-17/h5-13,19-23,27H,14-15H2,1-4H3/t19-,20+,21-,22-,23?/m1/s1. The van der Waals surface area contributed by atoms with Crippen LogP contribution in [0.25, 0.3) is 0 Å². The monoisotopic (exact) mass is 505 g/mol. The van der Waals surface area contributed by atoms with Gasteiger partial charge in [-0.05, 0) is 39.8 Å². The predicted octanol–water partition coefficient (Wildman–Crippen LogP) is 3.16. The summed E-state index contributed by atoms with van der Waals surface area (Å²) in [6.07, 6.45) is -5.04. The highest BCUT2D eigenvalue weighted by molar-refractivity contribution is 7.86. The van der Waals surface area contributed by atoms with E-state index < -0.39 is 52.5 Å². The number of fused-ring (bicyclic) bond motifs is 1. The van der Waals surface area contributed by atoms with Gasteiger partial charge >= 0.3 is 6.09 Å². The lowest BCUT2D eigenvalue weighted by molar-refractivity contribution is -0.282. The molecule has 5 atom stereocenters. The van der Waals surface area contributed by atoms with Crippen LogP contribution in [-0.2, 0) is 28.5 Å². The Hall–Kier alpha value is -2.50. The van der Waals surface area contributed by atoms with Gasteiger partial charge in [-0.2, -0.15) is 8.42 Å². The highest BCUT2D eigenvalue weighted by atomic mass is 32.2. The van der Waals surface area contributed by atoms with Crippen LogP contribution < -0.4 is 0 Å². The van der Waals surface area contributed by atoms with Gasteiger partial charge in [-0.1, -0.05) is 48.0 Å². The van der Waals surface area contributed by atoms with Crippen LogP contribution in [0.3, 0.4) is 0 Å². The lowest BCUT2D eigenvalue weighted by Gasteiger charge is -2.49. The van der Waals surface area contributed by atoms with Gasteiger partial charge in [0.2, 0.25) is 0 Å². The molecule has 2 aromatic carbocycles. The number of hydrogen-bond donors (Lipinski definition) is 1. The highest BCUT2D eigenvalue weighted by Crippen LogP contribution is 2.35. The largest absolute Gasteiger partial charge is 0.444 e. The fraction of sp³-hybridized carbons (Fsp3) is 0.480. The number of benzene rings is 2. The van der Waals surface area contributed by atoms with Crippen LogP contribution in [0.5, 0.6) is 0 Å². The van der Waals surface area contributed by atoms with Crippen LogP contribution in [0.15, 0.2) is 59.5 Å². The van der Waals surface area contributed by atoms with Crippen LogP contribution in [0, 0.1) is 6.92 Å². The molecule has 35 heavy (non-hydrogen) atoms. The van der Waals surface area contributed by atoms with Crippen LogP contribution in [0.1, 0.15) is 38.2 Å². The molecule has 0 radical (unpaired) electrons. The van der Waals surface area contributed by atoms with Crippen molar-refractivity contribution in [3.8, 4) is 0 Å². The van der Waals surface area contributed by atoms with Crippen molar-refractivity contribution in [2.75, 3.05) is 13.2 Å². The number of hydrogen-bond acceptors (Lipinski definition) is 8. The topological polar surface area (TPSA) is 112 Å². The number of aryl methyl sites for hydroxylation is 1. The Labute approximate surface area is 205 Å². The van der Waals surface area contributed by atoms with E-state index in [1.165, 1.54) is 17.0 Å². The molecule has 2 aliphatic rings. The summed E-state index contributed by atoms with van der Waals surface area (Å²) < 4.78 is 48.9. The molecule has 9 nitrogen and oxygen atoms in total. The first-order chi connectivity index (χ1) is 16.4. The maximum absolute atomic E-state index is 13.1. The van der Waals surface area contributed by atoms with Crippen molar-refractivity contribution in [1.82, 2.24) is 4.90 Å². The van der Waals surface area contributed by atoms with E-state index in [4.69, 9.17) is 18.4 Å². The molecule has 2 aliphatic heterocycles. The van der Waals surface area contributed by atoms with Crippen LogP contribution in [-0.4, -0.2) is 67.6 Å². The third kappa shape index (κ3) is 5.84. The van der Waals surface area contributed by atoms with Gasteiger partial charge < -0.3 is 19.3 Å². The Balaban J connectivity index is 1.62. The second kappa shape index (κ2) is 9.87. The molecule has 1 N–H and O–H groups in total. The molecule has 2 saturated heterocycles. The molecule has 0 spiro atoms. The molecular formula is C25H31NO8S. The van der Waals surface area contributed by atoms with E-state index in [9.17, 15) is 18.3 Å².